The van der Waals surface area contributed by atoms with Crippen LogP contribution in [0.5, 0.6) is 0 Å². The normalized spacial score (nSPS) is 11.8. The van der Waals surface area contributed by atoms with Gasteiger partial charge in [-0.15, -0.1) is 0 Å². The molecule has 2 aromatic carbocycles. The number of sulfone groups is 1. The molecular weight excluding hydrogens is 389 g/mol. The van der Waals surface area contributed by atoms with Crippen LogP contribution in [0.1, 0.15) is 5.56 Å². The Hall–Kier alpha value is -2.77. The Kier molecular flexibility index (Phi) is 4.41. The lowest BCUT2D eigenvalue weighted by Crippen LogP contribution is -2.07. The zero-order valence-corrected chi connectivity index (χ0v) is 15.4. The van der Waals surface area contributed by atoms with Gasteiger partial charge in [0.1, 0.15) is 16.4 Å². The molecule has 0 amide bonds. The summed E-state index contributed by atoms with van der Waals surface area (Å²) in [6.07, 6.45) is 1.61. The Morgan fingerprint density at radius 1 is 1.07 bits per heavy atom. The van der Waals surface area contributed by atoms with Crippen molar-refractivity contribution in [3.63, 3.8) is 0 Å². The molecule has 0 aliphatic rings. The molecule has 0 saturated carbocycles. The van der Waals surface area contributed by atoms with Crippen LogP contribution in [0.25, 0.3) is 22.6 Å². The molecule has 0 saturated heterocycles. The van der Waals surface area contributed by atoms with Crippen molar-refractivity contribution >= 4 is 32.5 Å². The monoisotopic (exact) mass is 401 g/mol. The molecule has 0 unspecified atom stereocenters. The van der Waals surface area contributed by atoms with Crippen molar-refractivity contribution in [2.24, 2.45) is 0 Å². The van der Waals surface area contributed by atoms with Crippen LogP contribution < -0.4 is 0 Å². The number of rotatable bonds is 4. The highest BCUT2D eigenvalue weighted by Crippen LogP contribution is 2.28. The number of aromatic amines is 1. The summed E-state index contributed by atoms with van der Waals surface area (Å²) in [6.45, 7) is 0. The second-order valence-electron chi connectivity index (χ2n) is 5.95. The molecule has 0 radical (unpaired) electrons. The molecule has 4 rings (SSSR count). The van der Waals surface area contributed by atoms with Crippen LogP contribution in [-0.2, 0) is 15.6 Å². The predicted octanol–water partition coefficient (Wildman–Crippen LogP) is 4.39. The lowest BCUT2D eigenvalue weighted by atomic mass is 10.2. The van der Waals surface area contributed by atoms with Crippen LogP contribution in [0, 0.1) is 5.82 Å². The number of aromatic nitrogens is 3. The first-order valence-corrected chi connectivity index (χ1v) is 10.0. The minimum Gasteiger partial charge on any atom is -0.337 e. The van der Waals surface area contributed by atoms with Crippen molar-refractivity contribution in [2.45, 2.75) is 10.6 Å². The van der Waals surface area contributed by atoms with Crippen molar-refractivity contribution < 1.29 is 12.8 Å². The van der Waals surface area contributed by atoms with Crippen molar-refractivity contribution in [3.8, 4) is 11.5 Å². The van der Waals surface area contributed by atoms with Crippen LogP contribution in [0.2, 0.25) is 5.02 Å². The fourth-order valence-electron chi connectivity index (χ4n) is 2.77. The Morgan fingerprint density at radius 3 is 2.59 bits per heavy atom. The Balaban J connectivity index is 1.77. The van der Waals surface area contributed by atoms with Gasteiger partial charge in [0.2, 0.25) is 0 Å². The molecule has 0 aliphatic carbocycles. The first-order valence-electron chi connectivity index (χ1n) is 8.01. The number of nitrogens with one attached hydrogen (secondary N) is 1. The van der Waals surface area contributed by atoms with Crippen molar-refractivity contribution in [1.82, 2.24) is 15.0 Å². The average Bonchev–Trinajstić information content (AvgIpc) is 3.06. The molecule has 0 fully saturated rings. The molecule has 1 N–H and O–H groups in total. The molecule has 136 valence electrons. The zero-order valence-electron chi connectivity index (χ0n) is 13.9. The molecule has 5 nitrogen and oxygen atoms in total. The van der Waals surface area contributed by atoms with E-state index in [9.17, 15) is 12.8 Å². The van der Waals surface area contributed by atoms with E-state index in [4.69, 9.17) is 11.6 Å². The predicted molar refractivity (Wildman–Crippen MR) is 102 cm³/mol. The highest BCUT2D eigenvalue weighted by atomic mass is 35.5. The average molecular weight is 402 g/mol. The first-order chi connectivity index (χ1) is 12.9. The summed E-state index contributed by atoms with van der Waals surface area (Å²) >= 11 is 6.04. The molecule has 0 bridgehead atoms. The second kappa shape index (κ2) is 6.75. The summed E-state index contributed by atoms with van der Waals surface area (Å²) in [5.41, 5.74) is 1.73. The van der Waals surface area contributed by atoms with E-state index in [2.05, 4.69) is 15.0 Å². The fraction of sp³-hybridized carbons (Fsp3) is 0.0526. The maximum absolute atomic E-state index is 14.6. The van der Waals surface area contributed by atoms with Crippen LogP contribution in [0.3, 0.4) is 0 Å². The van der Waals surface area contributed by atoms with Crippen LogP contribution >= 0.6 is 11.6 Å². The van der Waals surface area contributed by atoms with Crippen molar-refractivity contribution in [2.75, 3.05) is 0 Å². The standard InChI is InChI=1S/C19H13ClFN3O2S/c20-13-6-2-1-5-12(13)11-27(25,26)18-10-17-16(9-14(18)21)23-19(24-17)15-7-3-4-8-22-15/h1-10H,11H2,(H,23,24). The van der Waals surface area contributed by atoms with Gasteiger partial charge in [0.25, 0.3) is 0 Å². The van der Waals surface area contributed by atoms with Gasteiger partial charge >= 0.3 is 0 Å². The number of halogens is 2. The summed E-state index contributed by atoms with van der Waals surface area (Å²) in [7, 11) is -3.94. The van der Waals surface area contributed by atoms with E-state index in [1.807, 2.05) is 0 Å². The molecule has 0 atom stereocenters. The number of benzene rings is 2. The van der Waals surface area contributed by atoms with Gasteiger partial charge in [-0.1, -0.05) is 35.9 Å². The number of fused-ring (bicyclic) bond motifs is 1. The largest absolute Gasteiger partial charge is 0.337 e. The van der Waals surface area contributed by atoms with Gasteiger partial charge in [0.05, 0.1) is 16.8 Å². The number of imidazole rings is 1. The van der Waals surface area contributed by atoms with Crippen molar-refractivity contribution in [1.29, 1.82) is 0 Å². The third-order valence-electron chi connectivity index (χ3n) is 4.08. The number of hydrogen-bond donors (Lipinski definition) is 1. The van der Waals surface area contributed by atoms with E-state index in [-0.39, 0.29) is 0 Å². The van der Waals surface area contributed by atoms with Crippen LogP contribution in [0.4, 0.5) is 4.39 Å². The Labute approximate surface area is 159 Å². The van der Waals surface area contributed by atoms with Gasteiger partial charge in [-0.25, -0.2) is 17.8 Å². The summed E-state index contributed by atoms with van der Waals surface area (Å²) in [5.74, 6) is -0.802. The lowest BCUT2D eigenvalue weighted by molar-refractivity contribution is 0.567. The minimum atomic E-state index is -3.94. The van der Waals surface area contributed by atoms with E-state index < -0.39 is 26.3 Å². The van der Waals surface area contributed by atoms with E-state index in [1.165, 1.54) is 6.07 Å². The fourth-order valence-corrected chi connectivity index (χ4v) is 4.52. The first kappa shape index (κ1) is 17.6. The molecule has 27 heavy (non-hydrogen) atoms. The molecule has 2 aromatic heterocycles. The molecule has 2 heterocycles. The maximum atomic E-state index is 14.6. The van der Waals surface area contributed by atoms with Gasteiger partial charge in [-0.05, 0) is 29.8 Å². The van der Waals surface area contributed by atoms with Gasteiger partial charge in [-0.2, -0.15) is 0 Å². The number of pyridine rings is 1. The zero-order chi connectivity index (χ0) is 19.0. The van der Waals surface area contributed by atoms with Gasteiger partial charge < -0.3 is 4.98 Å². The number of hydrogen-bond acceptors (Lipinski definition) is 4. The number of nitrogens with zero attached hydrogens (tertiary/aromatic N) is 2. The lowest BCUT2D eigenvalue weighted by Gasteiger charge is -2.07. The molecule has 8 heteroatoms. The third kappa shape index (κ3) is 3.43. The molecule has 4 aromatic rings. The molecule has 0 aliphatic heterocycles. The van der Waals surface area contributed by atoms with E-state index in [0.717, 1.165) is 6.07 Å². The van der Waals surface area contributed by atoms with Crippen LogP contribution in [-0.4, -0.2) is 23.4 Å². The van der Waals surface area contributed by atoms with Gasteiger partial charge in [0.15, 0.2) is 15.7 Å². The third-order valence-corrected chi connectivity index (χ3v) is 6.12. The summed E-state index contributed by atoms with van der Waals surface area (Å²) in [6, 6.07) is 14.3. The summed E-state index contributed by atoms with van der Waals surface area (Å²) in [4.78, 5) is 11.1. The van der Waals surface area contributed by atoms with Gasteiger partial charge in [-0.3, -0.25) is 4.98 Å². The van der Waals surface area contributed by atoms with E-state index in [0.29, 0.717) is 33.1 Å². The van der Waals surface area contributed by atoms with E-state index >= 15 is 0 Å². The molecule has 0 spiro atoms. The van der Waals surface area contributed by atoms with Crippen molar-refractivity contribution in [3.05, 3.63) is 77.2 Å². The van der Waals surface area contributed by atoms with Crippen LogP contribution in [0.15, 0.2) is 65.7 Å². The minimum absolute atomic E-state index is 0.319. The Bertz CT molecular complexity index is 1240. The second-order valence-corrected chi connectivity index (χ2v) is 8.32. The topological polar surface area (TPSA) is 75.7 Å². The summed E-state index contributed by atoms with van der Waals surface area (Å²) in [5, 5.41) is 0.319. The highest BCUT2D eigenvalue weighted by molar-refractivity contribution is 7.90. The Morgan fingerprint density at radius 2 is 1.85 bits per heavy atom. The quantitative estimate of drug-likeness (QED) is 0.550. The maximum Gasteiger partial charge on any atom is 0.185 e. The molecular formula is C19H13ClFN3O2S. The smallest absolute Gasteiger partial charge is 0.185 e. The van der Waals surface area contributed by atoms with E-state index in [1.54, 1.807) is 48.7 Å². The van der Waals surface area contributed by atoms with Gasteiger partial charge in [0, 0.05) is 17.3 Å². The SMILES string of the molecule is O=S(=O)(Cc1ccccc1Cl)c1cc2nc(-c3ccccn3)[nH]c2cc1F. The number of H-pyrrole nitrogens is 1. The summed E-state index contributed by atoms with van der Waals surface area (Å²) < 4.78 is 40.0. The highest BCUT2D eigenvalue weighted by Gasteiger charge is 2.23.